The van der Waals surface area contributed by atoms with Gasteiger partial charge in [-0.15, -0.1) is 0 Å². The molecule has 82 valence electrons. The van der Waals surface area contributed by atoms with Crippen LogP contribution >= 0.6 is 0 Å². The molecule has 0 saturated heterocycles. The van der Waals surface area contributed by atoms with Crippen molar-refractivity contribution in [3.05, 3.63) is 36.7 Å². The molecule has 4 heteroatoms. The highest BCUT2D eigenvalue weighted by Crippen LogP contribution is 2.22. The van der Waals surface area contributed by atoms with Crippen LogP contribution in [0.4, 0.5) is 0 Å². The summed E-state index contributed by atoms with van der Waals surface area (Å²) in [5.41, 5.74) is 2.02. The molecule has 0 fully saturated rings. The first-order valence-corrected chi connectivity index (χ1v) is 4.84. The SMILES string of the molecule is COc1ccc(-c2ccnc(OC)c2)cn1. The van der Waals surface area contributed by atoms with Gasteiger partial charge in [-0.2, -0.15) is 0 Å². The van der Waals surface area contributed by atoms with E-state index < -0.39 is 0 Å². The van der Waals surface area contributed by atoms with Gasteiger partial charge < -0.3 is 9.47 Å². The van der Waals surface area contributed by atoms with Gasteiger partial charge in [0, 0.05) is 30.1 Å². The molecule has 0 spiro atoms. The molecular weight excluding hydrogens is 204 g/mol. The highest BCUT2D eigenvalue weighted by Gasteiger charge is 2.01. The van der Waals surface area contributed by atoms with Crippen molar-refractivity contribution in [2.24, 2.45) is 0 Å². The Bertz CT molecular complexity index is 469. The topological polar surface area (TPSA) is 44.2 Å². The minimum absolute atomic E-state index is 0.591. The van der Waals surface area contributed by atoms with E-state index in [-0.39, 0.29) is 0 Å². The Balaban J connectivity index is 2.34. The molecular formula is C12H12N2O2. The first kappa shape index (κ1) is 10.4. The highest BCUT2D eigenvalue weighted by atomic mass is 16.5. The molecule has 16 heavy (non-hydrogen) atoms. The van der Waals surface area contributed by atoms with Crippen molar-refractivity contribution in [3.63, 3.8) is 0 Å². The van der Waals surface area contributed by atoms with Crippen LogP contribution in [0.25, 0.3) is 11.1 Å². The number of methoxy groups -OCH3 is 2. The molecule has 0 bridgehead atoms. The van der Waals surface area contributed by atoms with Crippen LogP contribution in [0.5, 0.6) is 11.8 Å². The summed E-state index contributed by atoms with van der Waals surface area (Å²) in [5.74, 6) is 1.19. The summed E-state index contributed by atoms with van der Waals surface area (Å²) in [6.07, 6.45) is 3.46. The van der Waals surface area contributed by atoms with Gasteiger partial charge in [0.1, 0.15) is 0 Å². The molecule has 2 aromatic rings. The summed E-state index contributed by atoms with van der Waals surface area (Å²) in [4.78, 5) is 8.20. The van der Waals surface area contributed by atoms with Crippen LogP contribution in [-0.4, -0.2) is 24.2 Å². The molecule has 0 atom stereocenters. The Morgan fingerprint density at radius 3 is 2.31 bits per heavy atom. The van der Waals surface area contributed by atoms with E-state index >= 15 is 0 Å². The highest BCUT2D eigenvalue weighted by molar-refractivity contribution is 5.63. The second kappa shape index (κ2) is 4.61. The normalized spacial score (nSPS) is 9.88. The maximum absolute atomic E-state index is 5.07. The maximum Gasteiger partial charge on any atom is 0.213 e. The van der Waals surface area contributed by atoms with Crippen LogP contribution in [0.3, 0.4) is 0 Å². The van der Waals surface area contributed by atoms with Crippen molar-refractivity contribution in [2.45, 2.75) is 0 Å². The Labute approximate surface area is 93.9 Å². The van der Waals surface area contributed by atoms with Crippen LogP contribution in [0.2, 0.25) is 0 Å². The lowest BCUT2D eigenvalue weighted by Crippen LogP contribution is -1.89. The molecule has 0 radical (unpaired) electrons. The number of rotatable bonds is 3. The van der Waals surface area contributed by atoms with Crippen molar-refractivity contribution in [1.82, 2.24) is 9.97 Å². The molecule has 4 nitrogen and oxygen atoms in total. The Morgan fingerprint density at radius 1 is 0.875 bits per heavy atom. The first-order valence-electron chi connectivity index (χ1n) is 4.84. The van der Waals surface area contributed by atoms with Gasteiger partial charge in [0.15, 0.2) is 0 Å². The molecule has 0 aromatic carbocycles. The summed E-state index contributed by atoms with van der Waals surface area (Å²) in [6.45, 7) is 0. The van der Waals surface area contributed by atoms with Crippen LogP contribution in [0.15, 0.2) is 36.7 Å². The molecule has 0 aliphatic carbocycles. The molecule has 0 amide bonds. The van der Waals surface area contributed by atoms with E-state index in [1.807, 2.05) is 24.3 Å². The Kier molecular flexibility index (Phi) is 3.00. The van der Waals surface area contributed by atoms with Crippen molar-refractivity contribution in [3.8, 4) is 22.9 Å². The van der Waals surface area contributed by atoms with Crippen molar-refractivity contribution in [1.29, 1.82) is 0 Å². The van der Waals surface area contributed by atoms with E-state index in [0.29, 0.717) is 11.8 Å². The average molecular weight is 216 g/mol. The predicted molar refractivity (Wildman–Crippen MR) is 60.6 cm³/mol. The molecule has 0 saturated carbocycles. The zero-order valence-electron chi connectivity index (χ0n) is 9.18. The van der Waals surface area contributed by atoms with E-state index in [9.17, 15) is 0 Å². The van der Waals surface area contributed by atoms with E-state index in [1.165, 1.54) is 0 Å². The molecule has 0 unspecified atom stereocenters. The fourth-order valence-corrected chi connectivity index (χ4v) is 1.37. The smallest absolute Gasteiger partial charge is 0.213 e. The second-order valence-corrected chi connectivity index (χ2v) is 3.18. The summed E-state index contributed by atoms with van der Waals surface area (Å²) in [6, 6.07) is 7.54. The lowest BCUT2D eigenvalue weighted by atomic mass is 10.1. The minimum Gasteiger partial charge on any atom is -0.481 e. The zero-order chi connectivity index (χ0) is 11.4. The Morgan fingerprint density at radius 2 is 1.69 bits per heavy atom. The monoisotopic (exact) mass is 216 g/mol. The first-order chi connectivity index (χ1) is 7.83. The summed E-state index contributed by atoms with van der Waals surface area (Å²) in [5, 5.41) is 0. The summed E-state index contributed by atoms with van der Waals surface area (Å²) in [7, 11) is 3.19. The molecule has 2 heterocycles. The van der Waals surface area contributed by atoms with Gasteiger partial charge in [0.2, 0.25) is 11.8 Å². The van der Waals surface area contributed by atoms with Crippen molar-refractivity contribution >= 4 is 0 Å². The molecule has 2 rings (SSSR count). The summed E-state index contributed by atoms with van der Waals surface area (Å²) >= 11 is 0. The van der Waals surface area contributed by atoms with Gasteiger partial charge in [-0.3, -0.25) is 0 Å². The molecule has 0 N–H and O–H groups in total. The zero-order valence-corrected chi connectivity index (χ0v) is 9.18. The number of hydrogen-bond acceptors (Lipinski definition) is 4. The third-order valence-electron chi connectivity index (χ3n) is 2.22. The summed E-state index contributed by atoms with van der Waals surface area (Å²) < 4.78 is 10.1. The van der Waals surface area contributed by atoms with Crippen LogP contribution in [0.1, 0.15) is 0 Å². The third-order valence-corrected chi connectivity index (χ3v) is 2.22. The largest absolute Gasteiger partial charge is 0.481 e. The van der Waals surface area contributed by atoms with E-state index in [0.717, 1.165) is 11.1 Å². The fraction of sp³-hybridized carbons (Fsp3) is 0.167. The van der Waals surface area contributed by atoms with Crippen LogP contribution < -0.4 is 9.47 Å². The van der Waals surface area contributed by atoms with Crippen LogP contribution in [0, 0.1) is 0 Å². The van der Waals surface area contributed by atoms with E-state index in [4.69, 9.17) is 9.47 Å². The van der Waals surface area contributed by atoms with Gasteiger partial charge >= 0.3 is 0 Å². The minimum atomic E-state index is 0.591. The van der Waals surface area contributed by atoms with Crippen molar-refractivity contribution < 1.29 is 9.47 Å². The lowest BCUT2D eigenvalue weighted by Gasteiger charge is -2.04. The average Bonchev–Trinajstić information content (AvgIpc) is 2.39. The molecule has 0 aliphatic rings. The Hall–Kier alpha value is -2.10. The maximum atomic E-state index is 5.07. The fourth-order valence-electron chi connectivity index (χ4n) is 1.37. The number of ether oxygens (including phenoxy) is 2. The van der Waals surface area contributed by atoms with Gasteiger partial charge in [0.05, 0.1) is 14.2 Å². The lowest BCUT2D eigenvalue weighted by molar-refractivity contribution is 0.397. The third kappa shape index (κ3) is 2.11. The predicted octanol–water partition coefficient (Wildman–Crippen LogP) is 2.16. The standard InChI is InChI=1S/C12H12N2O2/c1-15-11-4-3-10(8-14-11)9-5-6-13-12(7-9)16-2/h3-8H,1-2H3. The second-order valence-electron chi connectivity index (χ2n) is 3.18. The van der Waals surface area contributed by atoms with Gasteiger partial charge in [-0.25, -0.2) is 9.97 Å². The van der Waals surface area contributed by atoms with Crippen LogP contribution in [-0.2, 0) is 0 Å². The van der Waals surface area contributed by atoms with E-state index in [2.05, 4.69) is 9.97 Å². The van der Waals surface area contributed by atoms with Gasteiger partial charge in [-0.1, -0.05) is 0 Å². The number of pyridine rings is 2. The van der Waals surface area contributed by atoms with E-state index in [1.54, 1.807) is 26.6 Å². The number of hydrogen-bond donors (Lipinski definition) is 0. The van der Waals surface area contributed by atoms with Gasteiger partial charge in [0.25, 0.3) is 0 Å². The quantitative estimate of drug-likeness (QED) is 0.788. The number of aromatic nitrogens is 2. The van der Waals surface area contributed by atoms with Gasteiger partial charge in [-0.05, 0) is 17.7 Å². The number of nitrogens with zero attached hydrogens (tertiary/aromatic N) is 2. The molecule has 0 aliphatic heterocycles. The van der Waals surface area contributed by atoms with Crippen molar-refractivity contribution in [2.75, 3.05) is 14.2 Å². The molecule has 2 aromatic heterocycles.